The van der Waals surface area contributed by atoms with Gasteiger partial charge in [-0.25, -0.2) is 0 Å². The van der Waals surface area contributed by atoms with Crippen molar-refractivity contribution >= 4 is 0 Å². The van der Waals surface area contributed by atoms with E-state index in [0.717, 1.165) is 25.2 Å². The summed E-state index contributed by atoms with van der Waals surface area (Å²) < 4.78 is 5.87. The second-order valence-electron chi connectivity index (χ2n) is 5.98. The summed E-state index contributed by atoms with van der Waals surface area (Å²) >= 11 is 0. The summed E-state index contributed by atoms with van der Waals surface area (Å²) in [5.41, 5.74) is 8.90. The third-order valence-corrected chi connectivity index (χ3v) is 4.24. The summed E-state index contributed by atoms with van der Waals surface area (Å²) in [5.74, 6) is 0.995. The fraction of sp³-hybridized carbons (Fsp3) is 0.667. The summed E-state index contributed by atoms with van der Waals surface area (Å²) in [7, 11) is 0. The number of ether oxygens (including phenoxy) is 1. The van der Waals surface area contributed by atoms with Crippen LogP contribution in [0.5, 0.6) is 5.75 Å². The van der Waals surface area contributed by atoms with E-state index >= 15 is 0 Å². The fourth-order valence-electron chi connectivity index (χ4n) is 2.98. The Morgan fingerprint density at radius 1 is 1.15 bits per heavy atom. The van der Waals surface area contributed by atoms with Crippen molar-refractivity contribution in [2.24, 2.45) is 5.73 Å². The Morgan fingerprint density at radius 3 is 2.80 bits per heavy atom. The Labute approximate surface area is 123 Å². The number of fused-ring (bicyclic) bond motifs is 1. The molecule has 2 N–H and O–H groups in total. The van der Waals surface area contributed by atoms with Crippen LogP contribution >= 0.6 is 0 Å². The van der Waals surface area contributed by atoms with Gasteiger partial charge in [0.15, 0.2) is 0 Å². The quantitative estimate of drug-likeness (QED) is 0.694. The maximum Gasteiger partial charge on any atom is 0.119 e. The first-order valence-electron chi connectivity index (χ1n) is 8.32. The molecule has 1 aromatic carbocycles. The lowest BCUT2D eigenvalue weighted by molar-refractivity contribution is 0.303. The van der Waals surface area contributed by atoms with Gasteiger partial charge in [0.1, 0.15) is 5.75 Å². The zero-order chi connectivity index (χ0) is 14.2. The van der Waals surface area contributed by atoms with Gasteiger partial charge in [0, 0.05) is 6.04 Å². The van der Waals surface area contributed by atoms with Crippen molar-refractivity contribution < 1.29 is 4.74 Å². The molecule has 2 heteroatoms. The van der Waals surface area contributed by atoms with Crippen molar-refractivity contribution in [2.45, 2.75) is 70.8 Å². The smallest absolute Gasteiger partial charge is 0.119 e. The molecule has 20 heavy (non-hydrogen) atoms. The molecule has 0 saturated carbocycles. The van der Waals surface area contributed by atoms with Gasteiger partial charge >= 0.3 is 0 Å². The topological polar surface area (TPSA) is 35.2 Å². The normalized spacial score (nSPS) is 17.8. The molecule has 0 unspecified atom stereocenters. The molecule has 0 spiro atoms. The summed E-state index contributed by atoms with van der Waals surface area (Å²) in [6, 6.07) is 6.67. The number of hydrogen-bond acceptors (Lipinski definition) is 2. The number of aryl methyl sites for hydroxylation is 1. The van der Waals surface area contributed by atoms with Gasteiger partial charge in [0.25, 0.3) is 0 Å². The SMILES string of the molecule is CCCCCCCCOc1ccc2c(c1)[C@H](N)CCC2. The first-order chi connectivity index (χ1) is 9.81. The van der Waals surface area contributed by atoms with Crippen molar-refractivity contribution in [3.8, 4) is 5.75 Å². The number of nitrogens with two attached hydrogens (primary N) is 1. The Morgan fingerprint density at radius 2 is 1.95 bits per heavy atom. The van der Waals surface area contributed by atoms with Crippen molar-refractivity contribution in [3.05, 3.63) is 29.3 Å². The zero-order valence-corrected chi connectivity index (χ0v) is 12.9. The lowest BCUT2D eigenvalue weighted by atomic mass is 9.88. The molecule has 0 radical (unpaired) electrons. The molecule has 1 aliphatic carbocycles. The van der Waals surface area contributed by atoms with Gasteiger partial charge in [-0.05, 0) is 48.9 Å². The molecule has 0 amide bonds. The fourth-order valence-corrected chi connectivity index (χ4v) is 2.98. The molecule has 2 rings (SSSR count). The summed E-state index contributed by atoms with van der Waals surface area (Å²) in [6.07, 6.45) is 11.3. The highest BCUT2D eigenvalue weighted by atomic mass is 16.5. The predicted octanol–water partition coefficient (Wildman–Crippen LogP) is 4.76. The van der Waals surface area contributed by atoms with E-state index in [4.69, 9.17) is 10.5 Å². The van der Waals surface area contributed by atoms with Crippen LogP contribution in [-0.4, -0.2) is 6.61 Å². The minimum Gasteiger partial charge on any atom is -0.494 e. The minimum absolute atomic E-state index is 0.205. The van der Waals surface area contributed by atoms with E-state index in [9.17, 15) is 0 Å². The molecule has 0 aromatic heterocycles. The summed E-state index contributed by atoms with van der Waals surface area (Å²) in [4.78, 5) is 0. The highest BCUT2D eigenvalue weighted by Gasteiger charge is 2.17. The first-order valence-corrected chi connectivity index (χ1v) is 8.32. The van der Waals surface area contributed by atoms with Gasteiger partial charge in [-0.1, -0.05) is 45.1 Å². The number of rotatable bonds is 8. The lowest BCUT2D eigenvalue weighted by Crippen LogP contribution is -2.17. The van der Waals surface area contributed by atoms with Gasteiger partial charge in [-0.2, -0.15) is 0 Å². The van der Waals surface area contributed by atoms with Crippen molar-refractivity contribution in [1.82, 2.24) is 0 Å². The van der Waals surface area contributed by atoms with Gasteiger partial charge in [0.2, 0.25) is 0 Å². The van der Waals surface area contributed by atoms with Crippen LogP contribution in [0.15, 0.2) is 18.2 Å². The second-order valence-corrected chi connectivity index (χ2v) is 5.98. The number of unbranched alkanes of at least 4 members (excludes halogenated alkanes) is 5. The molecule has 112 valence electrons. The van der Waals surface area contributed by atoms with Crippen LogP contribution in [0, 0.1) is 0 Å². The Bertz CT molecular complexity index is 402. The van der Waals surface area contributed by atoms with E-state index in [1.54, 1.807) is 0 Å². The molecule has 1 atom stereocenters. The Hall–Kier alpha value is -1.02. The second kappa shape index (κ2) is 8.31. The van der Waals surface area contributed by atoms with Crippen LogP contribution in [0.25, 0.3) is 0 Å². The van der Waals surface area contributed by atoms with E-state index in [0.29, 0.717) is 0 Å². The van der Waals surface area contributed by atoms with Crippen LogP contribution in [0.2, 0.25) is 0 Å². The molecular formula is C18H29NO. The average molecular weight is 275 g/mol. The lowest BCUT2D eigenvalue weighted by Gasteiger charge is -2.22. The Kier molecular flexibility index (Phi) is 6.38. The monoisotopic (exact) mass is 275 g/mol. The molecule has 0 aliphatic heterocycles. The largest absolute Gasteiger partial charge is 0.494 e. The third-order valence-electron chi connectivity index (χ3n) is 4.24. The van der Waals surface area contributed by atoms with Crippen molar-refractivity contribution in [1.29, 1.82) is 0 Å². The van der Waals surface area contributed by atoms with Crippen LogP contribution < -0.4 is 10.5 Å². The third kappa shape index (κ3) is 4.52. The van der Waals surface area contributed by atoms with E-state index in [2.05, 4.69) is 25.1 Å². The molecule has 0 heterocycles. The molecule has 1 aromatic rings. The number of benzene rings is 1. The van der Waals surface area contributed by atoms with Crippen molar-refractivity contribution in [2.75, 3.05) is 6.61 Å². The number of hydrogen-bond donors (Lipinski definition) is 1. The van der Waals surface area contributed by atoms with Gasteiger partial charge in [0.05, 0.1) is 6.61 Å². The minimum atomic E-state index is 0.205. The summed E-state index contributed by atoms with van der Waals surface area (Å²) in [6.45, 7) is 3.09. The van der Waals surface area contributed by atoms with E-state index in [1.165, 1.54) is 56.1 Å². The first kappa shape index (κ1) is 15.4. The maximum absolute atomic E-state index is 6.18. The van der Waals surface area contributed by atoms with Gasteiger partial charge in [-0.3, -0.25) is 0 Å². The van der Waals surface area contributed by atoms with E-state index in [1.807, 2.05) is 0 Å². The van der Waals surface area contributed by atoms with Gasteiger partial charge in [-0.15, -0.1) is 0 Å². The molecule has 2 nitrogen and oxygen atoms in total. The van der Waals surface area contributed by atoms with E-state index < -0.39 is 0 Å². The van der Waals surface area contributed by atoms with Crippen LogP contribution in [0.1, 0.15) is 75.5 Å². The Balaban J connectivity index is 1.72. The van der Waals surface area contributed by atoms with E-state index in [-0.39, 0.29) is 6.04 Å². The average Bonchev–Trinajstić information content (AvgIpc) is 2.47. The van der Waals surface area contributed by atoms with Crippen LogP contribution in [0.4, 0.5) is 0 Å². The van der Waals surface area contributed by atoms with Crippen LogP contribution in [-0.2, 0) is 6.42 Å². The molecule has 0 bridgehead atoms. The molecule has 1 aliphatic rings. The maximum atomic E-state index is 6.18. The highest BCUT2D eigenvalue weighted by molar-refractivity contribution is 5.39. The van der Waals surface area contributed by atoms with Crippen LogP contribution in [0.3, 0.4) is 0 Å². The zero-order valence-electron chi connectivity index (χ0n) is 12.9. The molecule has 0 fully saturated rings. The van der Waals surface area contributed by atoms with Gasteiger partial charge < -0.3 is 10.5 Å². The standard InChI is InChI=1S/C18H29NO/c1-2-3-4-5-6-7-13-20-16-12-11-15-9-8-10-18(19)17(15)14-16/h11-12,14,18H,2-10,13,19H2,1H3/t18-/m1/s1. The predicted molar refractivity (Wildman–Crippen MR) is 85.2 cm³/mol. The van der Waals surface area contributed by atoms with Crippen molar-refractivity contribution in [3.63, 3.8) is 0 Å². The molecule has 0 saturated heterocycles. The highest BCUT2D eigenvalue weighted by Crippen LogP contribution is 2.30. The summed E-state index contributed by atoms with van der Waals surface area (Å²) in [5, 5.41) is 0. The molecular weight excluding hydrogens is 246 g/mol.